The summed E-state index contributed by atoms with van der Waals surface area (Å²) >= 11 is 0. The number of hydrogen-bond donors (Lipinski definition) is 0. The van der Waals surface area contributed by atoms with E-state index in [4.69, 9.17) is 17.7 Å². The van der Waals surface area contributed by atoms with E-state index in [9.17, 15) is 0 Å². The third-order valence-corrected chi connectivity index (χ3v) is 14.1. The molecule has 0 unspecified atom stereocenters. The van der Waals surface area contributed by atoms with Gasteiger partial charge in [0.05, 0.1) is 0 Å². The van der Waals surface area contributed by atoms with Crippen molar-refractivity contribution in [1.29, 1.82) is 0 Å². The van der Waals surface area contributed by atoms with Gasteiger partial charge < -0.3 is 17.7 Å². The second kappa shape index (κ2) is 21.0. The van der Waals surface area contributed by atoms with Gasteiger partial charge in [-0.05, 0) is 72.3 Å². The van der Waals surface area contributed by atoms with Crippen molar-refractivity contribution in [3.05, 3.63) is 0 Å². The van der Waals surface area contributed by atoms with Crippen molar-refractivity contribution in [3.63, 3.8) is 0 Å². The van der Waals surface area contributed by atoms with Gasteiger partial charge in [0.25, 0.3) is 0 Å². The molecule has 0 N–H and O–H groups in total. The average molecular weight is 451 g/mol. The molecule has 24 heavy (non-hydrogen) atoms. The van der Waals surface area contributed by atoms with Crippen LogP contribution in [0.4, 0.5) is 0 Å². The molecule has 0 saturated carbocycles. The minimum Gasteiger partial charge on any atom is -0.397 e. The molecule has 0 rings (SSSR count). The van der Waals surface area contributed by atoms with Gasteiger partial charge in [0.1, 0.15) is 0 Å². The van der Waals surface area contributed by atoms with Gasteiger partial charge in [0.2, 0.25) is 0 Å². The minimum absolute atomic E-state index is 0.779. The molecule has 146 valence electrons. The topological polar surface area (TPSA) is 36.9 Å². The second-order valence-corrected chi connectivity index (χ2v) is 15.2. The predicted octanol–water partition coefficient (Wildman–Crippen LogP) is 5.03. The summed E-state index contributed by atoms with van der Waals surface area (Å²) in [6, 6.07) is 2.24. The lowest BCUT2D eigenvalue weighted by molar-refractivity contribution is 0.213. The summed E-state index contributed by atoms with van der Waals surface area (Å²) in [6.45, 7) is 11.3. The van der Waals surface area contributed by atoms with Gasteiger partial charge in [0, 0.05) is 37.9 Å². The monoisotopic (exact) mass is 450 g/mol. The Balaban J connectivity index is 3.38. The van der Waals surface area contributed by atoms with E-state index in [1.54, 1.807) is 0 Å². The van der Waals surface area contributed by atoms with Crippen LogP contribution in [0.15, 0.2) is 0 Å². The van der Waals surface area contributed by atoms with Crippen molar-refractivity contribution in [2.24, 2.45) is 0 Å². The zero-order valence-corrected chi connectivity index (χ0v) is 21.1. The van der Waals surface area contributed by atoms with Gasteiger partial charge in [-0.15, -0.1) is 0 Å². The Morgan fingerprint density at radius 1 is 0.583 bits per heavy atom. The van der Waals surface area contributed by atoms with E-state index in [-0.39, 0.29) is 0 Å². The zero-order chi connectivity index (χ0) is 17.9. The van der Waals surface area contributed by atoms with Gasteiger partial charge in [-0.2, -0.15) is 0 Å². The van der Waals surface area contributed by atoms with Crippen LogP contribution in [-0.2, 0) is 17.7 Å². The SMILES string of the molecule is CCO[SiH](CCCSSSSCCC[SiH](OCC)OCC)OCC. The molecule has 0 aromatic rings. The standard InChI is InChI=1S/C14H34O4S4Si2/c1-5-15-23(16-6-2)13-9-11-19-21-22-20-12-10-14-24(17-7-3)18-8-4/h23-24H,5-14H2,1-4H3. The minimum atomic E-state index is -1.38. The molecule has 4 nitrogen and oxygen atoms in total. The van der Waals surface area contributed by atoms with Crippen LogP contribution in [0.1, 0.15) is 40.5 Å². The Morgan fingerprint density at radius 3 is 1.21 bits per heavy atom. The molecule has 0 radical (unpaired) electrons. The third kappa shape index (κ3) is 17.1. The molecule has 0 bridgehead atoms. The first-order valence-corrected chi connectivity index (χ1v) is 17.5. The average Bonchev–Trinajstić information content (AvgIpc) is 2.57. The van der Waals surface area contributed by atoms with Crippen LogP contribution >= 0.6 is 41.2 Å². The Kier molecular flexibility index (Phi) is 22.4. The molecule has 0 fully saturated rings. The quantitative estimate of drug-likeness (QED) is 0.154. The first kappa shape index (κ1) is 25.7. The molecule has 0 aliphatic heterocycles. The predicted molar refractivity (Wildman–Crippen MR) is 120 cm³/mol. The summed E-state index contributed by atoms with van der Waals surface area (Å²) in [5, 5.41) is 0. The molecule has 0 atom stereocenters. The van der Waals surface area contributed by atoms with Crippen molar-refractivity contribution >= 4 is 59.8 Å². The molecule has 0 aliphatic carbocycles. The van der Waals surface area contributed by atoms with Crippen LogP contribution in [-0.4, -0.2) is 56.5 Å². The lowest BCUT2D eigenvalue weighted by atomic mass is 10.6. The number of rotatable bonds is 19. The molecule has 10 heteroatoms. The van der Waals surface area contributed by atoms with Crippen molar-refractivity contribution in [2.45, 2.75) is 52.6 Å². The summed E-state index contributed by atoms with van der Waals surface area (Å²) in [4.78, 5) is 0. The van der Waals surface area contributed by atoms with E-state index in [0.717, 1.165) is 38.5 Å². The third-order valence-electron chi connectivity index (χ3n) is 2.87. The summed E-state index contributed by atoms with van der Waals surface area (Å²) in [5.74, 6) is 2.34. The normalized spacial score (nSPS) is 11.8. The van der Waals surface area contributed by atoms with Crippen LogP contribution in [0.5, 0.6) is 0 Å². The van der Waals surface area contributed by atoms with Gasteiger partial charge in [-0.1, -0.05) is 21.6 Å². The Bertz CT molecular complexity index is 223. The van der Waals surface area contributed by atoms with Crippen LogP contribution in [0.2, 0.25) is 12.1 Å². The van der Waals surface area contributed by atoms with Gasteiger partial charge in [-0.3, -0.25) is 0 Å². The van der Waals surface area contributed by atoms with Crippen LogP contribution < -0.4 is 0 Å². The van der Waals surface area contributed by atoms with E-state index in [0.29, 0.717) is 0 Å². The fourth-order valence-corrected chi connectivity index (χ4v) is 12.1. The molecule has 0 saturated heterocycles. The highest BCUT2D eigenvalue weighted by Crippen LogP contribution is 2.43. The summed E-state index contributed by atoms with van der Waals surface area (Å²) in [7, 11) is 4.89. The van der Waals surface area contributed by atoms with E-state index in [1.165, 1.54) is 24.3 Å². The van der Waals surface area contributed by atoms with Crippen LogP contribution in [0.3, 0.4) is 0 Å². The number of hydrogen-bond acceptors (Lipinski definition) is 8. The fraction of sp³-hybridized carbons (Fsp3) is 1.00. The molecule has 0 spiro atoms. The van der Waals surface area contributed by atoms with Crippen LogP contribution in [0, 0.1) is 0 Å². The van der Waals surface area contributed by atoms with E-state index in [2.05, 4.69) is 0 Å². The van der Waals surface area contributed by atoms with E-state index < -0.39 is 18.6 Å². The molecule has 0 aromatic carbocycles. The fourth-order valence-electron chi connectivity index (χ4n) is 1.90. The Labute approximate surface area is 167 Å². The largest absolute Gasteiger partial charge is 0.397 e. The molecule has 0 heterocycles. The lowest BCUT2D eigenvalue weighted by Gasteiger charge is -2.14. The highest BCUT2D eigenvalue weighted by molar-refractivity contribution is 9.26. The molecule has 0 amide bonds. The van der Waals surface area contributed by atoms with Crippen LogP contribution in [0.25, 0.3) is 0 Å². The van der Waals surface area contributed by atoms with Gasteiger partial charge in [0.15, 0.2) is 0 Å². The smallest absolute Gasteiger partial charge is 0.321 e. The van der Waals surface area contributed by atoms with E-state index in [1.807, 2.05) is 68.9 Å². The molecule has 0 aliphatic rings. The van der Waals surface area contributed by atoms with Gasteiger partial charge >= 0.3 is 18.6 Å². The summed E-state index contributed by atoms with van der Waals surface area (Å²) in [6.07, 6.45) is 2.38. The summed E-state index contributed by atoms with van der Waals surface area (Å²) < 4.78 is 22.7. The van der Waals surface area contributed by atoms with Gasteiger partial charge in [-0.25, -0.2) is 0 Å². The molecule has 0 aromatic heterocycles. The summed E-state index contributed by atoms with van der Waals surface area (Å²) in [5.41, 5.74) is 0. The van der Waals surface area contributed by atoms with Crippen molar-refractivity contribution < 1.29 is 17.7 Å². The zero-order valence-electron chi connectivity index (χ0n) is 15.5. The first-order chi connectivity index (χ1) is 11.8. The highest BCUT2D eigenvalue weighted by Gasteiger charge is 2.12. The lowest BCUT2D eigenvalue weighted by Crippen LogP contribution is -2.22. The molecular weight excluding hydrogens is 417 g/mol. The maximum absolute atomic E-state index is 5.68. The highest BCUT2D eigenvalue weighted by atomic mass is 33.7. The Morgan fingerprint density at radius 2 is 0.917 bits per heavy atom. The maximum atomic E-state index is 5.68. The molecular formula is C14H34O4S4Si2. The second-order valence-electron chi connectivity index (χ2n) is 4.74. The first-order valence-electron chi connectivity index (χ1n) is 8.82. The van der Waals surface area contributed by atoms with Crippen molar-refractivity contribution in [1.82, 2.24) is 0 Å². The van der Waals surface area contributed by atoms with Crippen molar-refractivity contribution in [3.8, 4) is 0 Å². The Hall–Kier alpha value is 1.67. The van der Waals surface area contributed by atoms with E-state index >= 15 is 0 Å². The maximum Gasteiger partial charge on any atom is 0.321 e. The van der Waals surface area contributed by atoms with Crippen molar-refractivity contribution in [2.75, 3.05) is 37.9 Å².